The van der Waals surface area contributed by atoms with Crippen LogP contribution in [0.4, 0.5) is 16.2 Å². The van der Waals surface area contributed by atoms with E-state index < -0.39 is 5.92 Å². The Morgan fingerprint density at radius 2 is 1.57 bits per heavy atom. The lowest BCUT2D eigenvalue weighted by molar-refractivity contribution is -0.143. The molecular formula is C36H49ClN6O3. The molecule has 4 aliphatic rings. The molecule has 4 heterocycles. The minimum atomic E-state index is -0.464. The number of carbonyl (C=O) groups is 3. The first-order valence-corrected chi connectivity index (χ1v) is 17.5. The zero-order chi connectivity index (χ0) is 32.4. The molecule has 2 aromatic carbocycles. The third-order valence-electron chi connectivity index (χ3n) is 11.0. The van der Waals surface area contributed by atoms with Crippen molar-refractivity contribution in [3.8, 4) is 0 Å². The first kappa shape index (κ1) is 32.6. The number of halogens is 1. The van der Waals surface area contributed by atoms with E-state index in [-0.39, 0.29) is 30.3 Å². The number of nitrogen functional groups attached to an aromatic ring is 1. The summed E-state index contributed by atoms with van der Waals surface area (Å²) in [5.74, 6) is 1.03. The van der Waals surface area contributed by atoms with Crippen LogP contribution >= 0.6 is 11.6 Å². The van der Waals surface area contributed by atoms with E-state index in [4.69, 9.17) is 17.3 Å². The maximum absolute atomic E-state index is 14.1. The maximum atomic E-state index is 14.1. The minimum Gasteiger partial charge on any atom is -0.397 e. The van der Waals surface area contributed by atoms with Gasteiger partial charge in [-0.3, -0.25) is 9.59 Å². The van der Waals surface area contributed by atoms with E-state index in [0.29, 0.717) is 42.7 Å². The molecule has 0 unspecified atom stereocenters. The summed E-state index contributed by atoms with van der Waals surface area (Å²) in [5, 5.41) is 3.50. The smallest absolute Gasteiger partial charge is 0.322 e. The quantitative estimate of drug-likeness (QED) is 0.392. The summed E-state index contributed by atoms with van der Waals surface area (Å²) in [6.45, 7) is 7.49. The third kappa shape index (κ3) is 7.31. The molecule has 3 saturated heterocycles. The van der Waals surface area contributed by atoms with Gasteiger partial charge in [0.15, 0.2) is 0 Å². The zero-order valence-corrected chi connectivity index (χ0v) is 28.1. The summed E-state index contributed by atoms with van der Waals surface area (Å²) in [6, 6.07) is 11.7. The van der Waals surface area contributed by atoms with Gasteiger partial charge in [-0.25, -0.2) is 4.79 Å². The first-order chi connectivity index (χ1) is 22.2. The molecule has 0 aliphatic carbocycles. The van der Waals surface area contributed by atoms with Crippen molar-refractivity contribution < 1.29 is 14.4 Å². The second-order valence-corrected chi connectivity index (χ2v) is 14.5. The Hall–Kier alpha value is -3.30. The van der Waals surface area contributed by atoms with Gasteiger partial charge in [-0.2, -0.15) is 0 Å². The van der Waals surface area contributed by atoms with Gasteiger partial charge in [-0.1, -0.05) is 35.9 Å². The van der Waals surface area contributed by atoms with Crippen LogP contribution in [0.5, 0.6) is 0 Å². The third-order valence-corrected chi connectivity index (χ3v) is 11.4. The zero-order valence-electron chi connectivity index (χ0n) is 27.3. The van der Waals surface area contributed by atoms with Gasteiger partial charge >= 0.3 is 6.03 Å². The molecule has 0 saturated carbocycles. The molecule has 0 radical (unpaired) electrons. The van der Waals surface area contributed by atoms with E-state index in [1.165, 1.54) is 12.8 Å². The topological polar surface area (TPSA) is 102 Å². The summed E-state index contributed by atoms with van der Waals surface area (Å²) in [7, 11) is 2.20. The van der Waals surface area contributed by atoms with Crippen LogP contribution in [-0.2, 0) is 22.6 Å². The highest BCUT2D eigenvalue weighted by Crippen LogP contribution is 2.34. The van der Waals surface area contributed by atoms with E-state index in [9.17, 15) is 14.4 Å². The van der Waals surface area contributed by atoms with E-state index in [2.05, 4.69) is 17.3 Å². The van der Waals surface area contributed by atoms with Gasteiger partial charge in [0, 0.05) is 50.9 Å². The van der Waals surface area contributed by atoms with Crippen molar-refractivity contribution in [2.24, 2.45) is 17.8 Å². The molecule has 3 N–H and O–H groups in total. The van der Waals surface area contributed by atoms with Gasteiger partial charge in [-0.05, 0) is 113 Å². The number of hydrogen-bond acceptors (Lipinski definition) is 5. The fourth-order valence-electron chi connectivity index (χ4n) is 8.11. The van der Waals surface area contributed by atoms with Crippen molar-refractivity contribution in [1.29, 1.82) is 0 Å². The van der Waals surface area contributed by atoms with Crippen molar-refractivity contribution in [3.05, 3.63) is 58.1 Å². The average Bonchev–Trinajstić information content (AvgIpc) is 3.06. The minimum absolute atomic E-state index is 0.00437. The fraction of sp³-hybridized carbons (Fsp3) is 0.583. The largest absolute Gasteiger partial charge is 0.397 e. The van der Waals surface area contributed by atoms with Crippen LogP contribution in [0.1, 0.15) is 61.6 Å². The van der Waals surface area contributed by atoms with Crippen molar-refractivity contribution in [3.63, 3.8) is 0 Å². The number of aryl methyl sites for hydroxylation is 1. The number of urea groups is 1. The van der Waals surface area contributed by atoms with Crippen LogP contribution < -0.4 is 11.1 Å². The molecular weight excluding hydrogens is 600 g/mol. The molecule has 0 bridgehead atoms. The van der Waals surface area contributed by atoms with Gasteiger partial charge in [-0.15, -0.1) is 0 Å². The van der Waals surface area contributed by atoms with E-state index in [0.717, 1.165) is 80.2 Å². The molecule has 2 aromatic rings. The van der Waals surface area contributed by atoms with Crippen molar-refractivity contribution in [2.45, 2.75) is 70.9 Å². The number of hydrogen-bond donors (Lipinski definition) is 2. The van der Waals surface area contributed by atoms with Gasteiger partial charge in [0.25, 0.3) is 0 Å². The summed E-state index contributed by atoms with van der Waals surface area (Å²) in [4.78, 5) is 49.0. The standard InChI is InChI=1S/C36H49ClN6O3/c1-24-19-25(21-31(37)34(24)38)20-29(35(45)42-15-9-27(10-16-42)26-7-13-40(2)14-8-26)22-33(44)41-17-11-30(12-18-41)43-23-28-5-3-4-6-32(28)39-36(43)46/h3-6,19,21,26-27,29-30H,7-18,20,22-23,38H2,1-2H3,(H,39,46)/t29-/m0/s1. The first-order valence-electron chi connectivity index (χ1n) is 17.1. The summed E-state index contributed by atoms with van der Waals surface area (Å²) in [6.07, 6.45) is 6.62. The lowest BCUT2D eigenvalue weighted by atomic mass is 9.78. The molecule has 10 heteroatoms. The summed E-state index contributed by atoms with van der Waals surface area (Å²) < 4.78 is 0. The van der Waals surface area contributed by atoms with Crippen molar-refractivity contribution >= 4 is 40.8 Å². The van der Waals surface area contributed by atoms with Gasteiger partial charge in [0.2, 0.25) is 11.8 Å². The molecule has 46 heavy (non-hydrogen) atoms. The predicted octanol–water partition coefficient (Wildman–Crippen LogP) is 5.40. The number of nitrogens with zero attached hydrogens (tertiary/aromatic N) is 4. The van der Waals surface area contributed by atoms with Crippen molar-refractivity contribution in [2.75, 3.05) is 57.4 Å². The Kier molecular flexibility index (Phi) is 10.1. The molecule has 6 rings (SSSR count). The molecule has 9 nitrogen and oxygen atoms in total. The summed E-state index contributed by atoms with van der Waals surface area (Å²) in [5.41, 5.74) is 10.5. The predicted molar refractivity (Wildman–Crippen MR) is 183 cm³/mol. The number of rotatable bonds is 7. The number of piperidine rings is 3. The highest BCUT2D eigenvalue weighted by molar-refractivity contribution is 6.33. The van der Waals surface area contributed by atoms with Gasteiger partial charge in [0.1, 0.15) is 0 Å². The number of likely N-dealkylation sites (tertiary alicyclic amines) is 3. The lowest BCUT2D eigenvalue weighted by Crippen LogP contribution is -2.51. The van der Waals surface area contributed by atoms with Crippen LogP contribution in [0.25, 0.3) is 0 Å². The molecule has 4 amide bonds. The molecule has 1 atom stereocenters. The van der Waals surface area contributed by atoms with Crippen LogP contribution in [0.15, 0.2) is 36.4 Å². The number of fused-ring (bicyclic) bond motifs is 1. The Morgan fingerprint density at radius 3 is 2.24 bits per heavy atom. The second kappa shape index (κ2) is 14.2. The van der Waals surface area contributed by atoms with E-state index in [1.54, 1.807) is 0 Å². The van der Waals surface area contributed by atoms with E-state index in [1.807, 2.05) is 58.0 Å². The van der Waals surface area contributed by atoms with Gasteiger partial charge < -0.3 is 30.7 Å². The van der Waals surface area contributed by atoms with Crippen LogP contribution in [0.3, 0.4) is 0 Å². The average molecular weight is 649 g/mol. The number of amides is 4. The Morgan fingerprint density at radius 1 is 0.935 bits per heavy atom. The number of nitrogens with one attached hydrogen (secondary N) is 1. The van der Waals surface area contributed by atoms with E-state index >= 15 is 0 Å². The monoisotopic (exact) mass is 648 g/mol. The normalized spacial score (nSPS) is 21.2. The number of nitrogens with two attached hydrogens (primary N) is 1. The molecule has 3 fully saturated rings. The number of anilines is 2. The Balaban J connectivity index is 1.09. The highest BCUT2D eigenvalue weighted by atomic mass is 35.5. The molecule has 0 spiro atoms. The molecule has 0 aromatic heterocycles. The maximum Gasteiger partial charge on any atom is 0.322 e. The van der Waals surface area contributed by atoms with Crippen LogP contribution in [-0.4, -0.2) is 89.8 Å². The van der Waals surface area contributed by atoms with Crippen molar-refractivity contribution in [1.82, 2.24) is 19.6 Å². The summed E-state index contributed by atoms with van der Waals surface area (Å²) >= 11 is 6.44. The lowest BCUT2D eigenvalue weighted by Gasteiger charge is -2.41. The van der Waals surface area contributed by atoms with Gasteiger partial charge in [0.05, 0.1) is 16.6 Å². The molecule has 4 aliphatic heterocycles. The van der Waals surface area contributed by atoms with Crippen LogP contribution in [0, 0.1) is 24.7 Å². The Bertz CT molecular complexity index is 1400. The highest BCUT2D eigenvalue weighted by Gasteiger charge is 2.36. The number of carbonyl (C=O) groups excluding carboxylic acids is 3. The molecule has 248 valence electrons. The number of para-hydroxylation sites is 1. The second-order valence-electron chi connectivity index (χ2n) is 14.0. The fourth-order valence-corrected chi connectivity index (χ4v) is 8.40. The number of benzene rings is 2. The van der Waals surface area contributed by atoms with Crippen LogP contribution in [0.2, 0.25) is 5.02 Å². The Labute approximate surface area is 278 Å². The SMILES string of the molecule is Cc1cc(C[C@@H](CC(=O)N2CCC(N3Cc4ccccc4NC3=O)CC2)C(=O)N2CCC(C3CCN(C)CC3)CC2)cc(Cl)c1N.